The fourth-order valence-corrected chi connectivity index (χ4v) is 6.32. The fraction of sp³-hybridized carbons (Fsp3) is 0.600. The number of aliphatic hydroxyl groups excluding tert-OH is 1. The summed E-state index contributed by atoms with van der Waals surface area (Å²) in [5.74, 6) is 1.60. The van der Waals surface area contributed by atoms with Crippen LogP contribution >= 0.6 is 0 Å². The van der Waals surface area contributed by atoms with E-state index in [0.717, 1.165) is 38.9 Å². The number of anilines is 1. The normalized spacial score (nSPS) is 24.9. The van der Waals surface area contributed by atoms with Gasteiger partial charge in [-0.25, -0.2) is 4.98 Å². The highest BCUT2D eigenvalue weighted by Crippen LogP contribution is 2.36. The zero-order valence-electron chi connectivity index (χ0n) is 22.5. The molecule has 1 aliphatic carbocycles. The third-order valence-corrected chi connectivity index (χ3v) is 8.31. The minimum Gasteiger partial charge on any atom is -0.400 e. The highest BCUT2D eigenvalue weighted by Gasteiger charge is 2.39. The maximum atomic E-state index is 14.0. The number of amides is 1. The summed E-state index contributed by atoms with van der Waals surface area (Å²) in [6.45, 7) is 6.97. The third kappa shape index (κ3) is 6.09. The van der Waals surface area contributed by atoms with Gasteiger partial charge in [-0.2, -0.15) is 0 Å². The molecular formula is C30H44N4O2. The summed E-state index contributed by atoms with van der Waals surface area (Å²) in [5, 5.41) is 10.7. The van der Waals surface area contributed by atoms with Crippen LogP contribution in [0.4, 0.5) is 5.82 Å². The number of carbonyl (C=O) groups is 1. The topological polar surface area (TPSA) is 68.7 Å². The van der Waals surface area contributed by atoms with E-state index in [4.69, 9.17) is 10.1 Å². The standard InChI is InChI=1S/C29H40N4O.CH4O/c1-20-8-7-9-22(14-20)27-19-32(3)13-12-26(27)29(34)33-18-24-16-28(30-17-23(24)15-21(33)2)31-25-10-5-4-6-11-25;1-2/h7-9,14,16-17,21,25-27H,4-6,10-13,15,18-19H2,1-3H3,(H,30,31);2H,1H3/t21-,26-,27?;/m0./s1. The molecule has 2 N–H and O–H groups in total. The van der Waals surface area contributed by atoms with E-state index in [-0.39, 0.29) is 17.9 Å². The summed E-state index contributed by atoms with van der Waals surface area (Å²) >= 11 is 0. The number of nitrogens with one attached hydrogen (secondary N) is 1. The molecule has 1 aromatic heterocycles. The van der Waals surface area contributed by atoms with E-state index in [0.29, 0.717) is 18.5 Å². The fourth-order valence-electron chi connectivity index (χ4n) is 6.32. The van der Waals surface area contributed by atoms with Crippen molar-refractivity contribution < 1.29 is 9.90 Å². The van der Waals surface area contributed by atoms with E-state index in [1.54, 1.807) is 0 Å². The second-order valence-electron chi connectivity index (χ2n) is 11.0. The van der Waals surface area contributed by atoms with Crippen LogP contribution in [-0.4, -0.2) is 65.1 Å². The molecule has 6 heteroatoms. The lowest BCUT2D eigenvalue weighted by Crippen LogP contribution is -2.50. The van der Waals surface area contributed by atoms with Crippen LogP contribution in [0.15, 0.2) is 36.5 Å². The Morgan fingerprint density at radius 2 is 1.86 bits per heavy atom. The third-order valence-electron chi connectivity index (χ3n) is 8.31. The van der Waals surface area contributed by atoms with Crippen LogP contribution in [0.3, 0.4) is 0 Å². The number of nitrogens with zero attached hydrogens (tertiary/aromatic N) is 3. The van der Waals surface area contributed by atoms with Crippen molar-refractivity contribution in [2.45, 2.75) is 83.3 Å². The Morgan fingerprint density at radius 1 is 1.08 bits per heavy atom. The Bertz CT molecular complexity index is 1020. The van der Waals surface area contributed by atoms with E-state index >= 15 is 0 Å². The molecule has 36 heavy (non-hydrogen) atoms. The first-order chi connectivity index (χ1) is 17.5. The molecule has 2 fully saturated rings. The van der Waals surface area contributed by atoms with Crippen molar-refractivity contribution in [3.8, 4) is 0 Å². The lowest BCUT2D eigenvalue weighted by Gasteiger charge is -2.42. The predicted octanol–water partition coefficient (Wildman–Crippen LogP) is 4.75. The van der Waals surface area contributed by atoms with Gasteiger partial charge in [-0.1, -0.05) is 49.1 Å². The van der Waals surface area contributed by atoms with E-state index in [1.165, 1.54) is 54.4 Å². The Labute approximate surface area is 217 Å². The summed E-state index contributed by atoms with van der Waals surface area (Å²) in [6.07, 6.45) is 10.3. The molecule has 2 aromatic rings. The van der Waals surface area contributed by atoms with Gasteiger partial charge < -0.3 is 20.2 Å². The highest BCUT2D eigenvalue weighted by molar-refractivity contribution is 5.81. The smallest absolute Gasteiger partial charge is 0.226 e. The first kappa shape index (κ1) is 26.6. The van der Waals surface area contributed by atoms with Gasteiger partial charge >= 0.3 is 0 Å². The largest absolute Gasteiger partial charge is 0.400 e. The van der Waals surface area contributed by atoms with Crippen molar-refractivity contribution in [3.05, 3.63) is 58.8 Å². The summed E-state index contributed by atoms with van der Waals surface area (Å²) in [4.78, 5) is 23.3. The van der Waals surface area contributed by atoms with Gasteiger partial charge in [0, 0.05) is 50.3 Å². The number of hydrogen-bond donors (Lipinski definition) is 2. The molecule has 1 saturated carbocycles. The molecule has 1 unspecified atom stereocenters. The molecule has 0 radical (unpaired) electrons. The first-order valence-corrected chi connectivity index (χ1v) is 13.7. The number of rotatable bonds is 4. The van der Waals surface area contributed by atoms with Gasteiger partial charge in [0.2, 0.25) is 5.91 Å². The number of piperidine rings is 1. The van der Waals surface area contributed by atoms with Gasteiger partial charge in [-0.15, -0.1) is 0 Å². The maximum absolute atomic E-state index is 14.0. The molecule has 0 bridgehead atoms. The number of aromatic nitrogens is 1. The average molecular weight is 493 g/mol. The number of fused-ring (bicyclic) bond motifs is 1. The molecule has 5 rings (SSSR count). The summed E-state index contributed by atoms with van der Waals surface area (Å²) in [5.41, 5.74) is 5.13. The number of aliphatic hydroxyl groups is 1. The number of hydrogen-bond acceptors (Lipinski definition) is 5. The number of aryl methyl sites for hydroxylation is 1. The van der Waals surface area contributed by atoms with Crippen LogP contribution in [0.5, 0.6) is 0 Å². The molecule has 196 valence electrons. The van der Waals surface area contributed by atoms with Crippen molar-refractivity contribution in [1.29, 1.82) is 0 Å². The van der Waals surface area contributed by atoms with Gasteiger partial charge in [0.05, 0.1) is 0 Å². The Balaban J connectivity index is 0.00000148. The van der Waals surface area contributed by atoms with Gasteiger partial charge in [0.15, 0.2) is 0 Å². The predicted molar refractivity (Wildman–Crippen MR) is 146 cm³/mol. The number of carbonyl (C=O) groups excluding carboxylic acids is 1. The number of likely N-dealkylation sites (tertiary alicyclic amines) is 1. The lowest BCUT2D eigenvalue weighted by atomic mass is 9.79. The molecule has 0 spiro atoms. The van der Waals surface area contributed by atoms with Gasteiger partial charge in [-0.3, -0.25) is 4.79 Å². The average Bonchev–Trinajstić information content (AvgIpc) is 2.90. The molecule has 1 aromatic carbocycles. The minimum absolute atomic E-state index is 0.0451. The second-order valence-corrected chi connectivity index (χ2v) is 11.0. The molecule has 6 nitrogen and oxygen atoms in total. The van der Waals surface area contributed by atoms with Gasteiger partial charge in [-0.05, 0) is 75.9 Å². The summed E-state index contributed by atoms with van der Waals surface area (Å²) in [6, 6.07) is 11.7. The highest BCUT2D eigenvalue weighted by atomic mass is 16.2. The first-order valence-electron chi connectivity index (χ1n) is 13.7. The van der Waals surface area contributed by atoms with Crippen LogP contribution in [-0.2, 0) is 17.8 Å². The zero-order valence-corrected chi connectivity index (χ0v) is 22.5. The molecule has 3 heterocycles. The molecule has 3 atom stereocenters. The van der Waals surface area contributed by atoms with Crippen LogP contribution in [0.2, 0.25) is 0 Å². The van der Waals surface area contributed by atoms with Gasteiger partial charge in [0.1, 0.15) is 5.82 Å². The number of benzene rings is 1. The molecule has 2 aliphatic heterocycles. The molecular weight excluding hydrogens is 448 g/mol. The van der Waals surface area contributed by atoms with Gasteiger partial charge in [0.25, 0.3) is 0 Å². The van der Waals surface area contributed by atoms with Crippen LogP contribution in [0, 0.1) is 12.8 Å². The Hall–Kier alpha value is -2.44. The van der Waals surface area contributed by atoms with Crippen molar-refractivity contribution in [3.63, 3.8) is 0 Å². The van der Waals surface area contributed by atoms with E-state index < -0.39 is 0 Å². The van der Waals surface area contributed by atoms with Crippen molar-refractivity contribution in [1.82, 2.24) is 14.8 Å². The second kappa shape index (κ2) is 12.2. The lowest BCUT2D eigenvalue weighted by molar-refractivity contribution is -0.141. The SMILES string of the molecule is CO.Cc1cccc(C2CN(C)CC[C@@H]2C(=O)N2Cc3cc(NC4CCCCC4)ncc3C[C@@H]2C)c1. The summed E-state index contributed by atoms with van der Waals surface area (Å²) in [7, 11) is 3.18. The van der Waals surface area contributed by atoms with E-state index in [1.807, 2.05) is 6.20 Å². The van der Waals surface area contributed by atoms with Crippen molar-refractivity contribution in [2.24, 2.45) is 5.92 Å². The molecule has 1 amide bonds. The van der Waals surface area contributed by atoms with E-state index in [2.05, 4.69) is 66.3 Å². The Kier molecular flexibility index (Phi) is 9.02. The van der Waals surface area contributed by atoms with Crippen molar-refractivity contribution in [2.75, 3.05) is 32.6 Å². The van der Waals surface area contributed by atoms with E-state index in [9.17, 15) is 4.79 Å². The molecule has 3 aliphatic rings. The van der Waals surface area contributed by atoms with Crippen LogP contribution in [0.1, 0.15) is 73.6 Å². The monoisotopic (exact) mass is 492 g/mol. The summed E-state index contributed by atoms with van der Waals surface area (Å²) < 4.78 is 0. The van der Waals surface area contributed by atoms with Crippen molar-refractivity contribution >= 4 is 11.7 Å². The number of pyridine rings is 1. The molecule has 1 saturated heterocycles. The maximum Gasteiger partial charge on any atom is 0.226 e. The van der Waals surface area contributed by atoms with Crippen LogP contribution in [0.25, 0.3) is 0 Å². The quantitative estimate of drug-likeness (QED) is 0.645. The van der Waals surface area contributed by atoms with Crippen LogP contribution < -0.4 is 5.32 Å². The Morgan fingerprint density at radius 3 is 2.61 bits per heavy atom. The minimum atomic E-state index is 0.0451. The number of likely N-dealkylation sites (N-methyl/N-ethyl adjacent to an activating group) is 1. The zero-order chi connectivity index (χ0) is 25.7.